The molecule has 11 heteroatoms. The maximum atomic E-state index is 13.5. The molecule has 10 nitrogen and oxygen atoms in total. The van der Waals surface area contributed by atoms with Crippen LogP contribution in [0.15, 0.2) is 43.0 Å². The van der Waals surface area contributed by atoms with Crippen molar-refractivity contribution < 1.29 is 14.3 Å². The number of aromatic nitrogens is 5. The molecule has 1 amide bonds. The first-order valence-corrected chi connectivity index (χ1v) is 12.3. The Kier molecular flexibility index (Phi) is 5.52. The van der Waals surface area contributed by atoms with E-state index < -0.39 is 11.5 Å². The molecule has 6 rings (SSSR count). The lowest BCUT2D eigenvalue weighted by molar-refractivity contribution is 0.0110. The number of hydrogen-bond donors (Lipinski definition) is 3. The summed E-state index contributed by atoms with van der Waals surface area (Å²) in [5.74, 6) is 0.187. The van der Waals surface area contributed by atoms with Crippen molar-refractivity contribution in [3.05, 3.63) is 60.1 Å². The first kappa shape index (κ1) is 23.3. The second-order valence-corrected chi connectivity index (χ2v) is 10.1. The number of carbonyl (C=O) groups is 1. The Balaban J connectivity index is 1.27. The Morgan fingerprint density at radius 3 is 2.81 bits per heavy atom. The molecular formula is C26H27FN8O2. The number of rotatable bonds is 5. The van der Waals surface area contributed by atoms with Crippen molar-refractivity contribution in [1.29, 1.82) is 0 Å². The molecule has 3 N–H and O–H groups in total. The highest BCUT2D eigenvalue weighted by Gasteiger charge is 2.32. The van der Waals surface area contributed by atoms with Gasteiger partial charge in [0, 0.05) is 43.4 Å². The molecular weight excluding hydrogens is 475 g/mol. The zero-order chi connectivity index (χ0) is 25.7. The van der Waals surface area contributed by atoms with E-state index in [1.807, 2.05) is 32.2 Å². The second kappa shape index (κ2) is 8.77. The van der Waals surface area contributed by atoms with Crippen LogP contribution in [0.4, 0.5) is 21.6 Å². The number of halogens is 1. The van der Waals surface area contributed by atoms with Gasteiger partial charge < -0.3 is 20.6 Å². The summed E-state index contributed by atoms with van der Waals surface area (Å²) in [7, 11) is 0. The smallest absolute Gasteiger partial charge is 0.254 e. The molecule has 0 aliphatic carbocycles. The topological polar surface area (TPSA) is 121 Å². The quantitative estimate of drug-likeness (QED) is 0.356. The number of pyridine rings is 2. The Bertz CT molecular complexity index is 1500. The number of imidazole rings is 1. The fraction of sp³-hybridized carbons (Fsp3) is 0.346. The van der Waals surface area contributed by atoms with Gasteiger partial charge in [-0.2, -0.15) is 9.37 Å². The van der Waals surface area contributed by atoms with E-state index in [-0.39, 0.29) is 17.6 Å². The molecule has 4 aromatic heterocycles. The lowest BCUT2D eigenvalue weighted by Crippen LogP contribution is -2.44. The predicted octanol–water partition coefficient (Wildman–Crippen LogP) is 3.30. The van der Waals surface area contributed by atoms with Gasteiger partial charge in [0.1, 0.15) is 5.82 Å². The summed E-state index contributed by atoms with van der Waals surface area (Å²) >= 11 is 0. The molecule has 1 saturated heterocycles. The number of carbonyl (C=O) groups excluding carboxylic acids is 1. The third kappa shape index (κ3) is 4.25. The van der Waals surface area contributed by atoms with Crippen molar-refractivity contribution in [3.63, 3.8) is 0 Å². The van der Waals surface area contributed by atoms with Gasteiger partial charge in [0.2, 0.25) is 11.7 Å². The Hall–Kier alpha value is -4.12. The molecule has 1 atom stereocenters. The highest BCUT2D eigenvalue weighted by atomic mass is 19.1. The molecule has 2 aliphatic rings. The van der Waals surface area contributed by atoms with E-state index in [9.17, 15) is 14.3 Å². The molecule has 0 spiro atoms. The van der Waals surface area contributed by atoms with Crippen LogP contribution in [0, 0.1) is 11.9 Å². The molecule has 1 fully saturated rings. The van der Waals surface area contributed by atoms with Crippen LogP contribution in [-0.2, 0) is 6.54 Å². The molecule has 0 saturated carbocycles. The number of amides is 1. The highest BCUT2D eigenvalue weighted by Crippen LogP contribution is 2.34. The normalized spacial score (nSPS) is 17.7. The standard InChI is InChI=1S/C26H27FN8O2/c1-26(2,37)15-4-3-8-34(14-15)16-5-6-21(28-10-16)32-18-12-29-23(17-11-30-24(36)22(17)18)19-13-31-25-33-20(27)7-9-35(19)25/h5-7,9-10,12-13,15,37H,3-4,8,11,14H2,1-2H3,(H,28,32)(H,30,36). The Morgan fingerprint density at radius 1 is 1.16 bits per heavy atom. The highest BCUT2D eigenvalue weighted by molar-refractivity contribution is 6.05. The van der Waals surface area contributed by atoms with Crippen LogP contribution in [0.5, 0.6) is 0 Å². The SMILES string of the molecule is CC(C)(O)C1CCCN(c2ccc(Nc3cnc(-c4cnc5nc(F)ccn45)c4c3C(=O)NC4)nc2)C1. The molecule has 0 radical (unpaired) electrons. The van der Waals surface area contributed by atoms with Crippen LogP contribution in [0.1, 0.15) is 42.6 Å². The van der Waals surface area contributed by atoms with E-state index in [1.54, 1.807) is 23.0 Å². The van der Waals surface area contributed by atoms with E-state index in [1.165, 1.54) is 6.07 Å². The predicted molar refractivity (Wildman–Crippen MR) is 136 cm³/mol. The molecule has 190 valence electrons. The largest absolute Gasteiger partial charge is 0.390 e. The molecule has 2 aliphatic heterocycles. The van der Waals surface area contributed by atoms with Crippen molar-refractivity contribution in [1.82, 2.24) is 29.7 Å². The summed E-state index contributed by atoms with van der Waals surface area (Å²) in [4.78, 5) is 32.2. The first-order chi connectivity index (χ1) is 17.8. The van der Waals surface area contributed by atoms with Gasteiger partial charge in [-0.15, -0.1) is 0 Å². The summed E-state index contributed by atoms with van der Waals surface area (Å²) in [5, 5.41) is 16.5. The zero-order valence-electron chi connectivity index (χ0n) is 20.6. The van der Waals surface area contributed by atoms with Crippen LogP contribution in [0.25, 0.3) is 17.2 Å². The van der Waals surface area contributed by atoms with Gasteiger partial charge >= 0.3 is 0 Å². The molecule has 6 heterocycles. The van der Waals surface area contributed by atoms with Gasteiger partial charge in [0.15, 0.2) is 0 Å². The van der Waals surface area contributed by atoms with E-state index in [0.29, 0.717) is 35.0 Å². The van der Waals surface area contributed by atoms with Crippen molar-refractivity contribution in [2.45, 2.75) is 38.8 Å². The minimum Gasteiger partial charge on any atom is -0.390 e. The number of aliphatic hydroxyl groups is 1. The van der Waals surface area contributed by atoms with Crippen molar-refractivity contribution in [2.24, 2.45) is 5.92 Å². The van der Waals surface area contributed by atoms with Crippen molar-refractivity contribution in [2.75, 3.05) is 23.3 Å². The van der Waals surface area contributed by atoms with Crippen LogP contribution >= 0.6 is 0 Å². The van der Waals surface area contributed by atoms with Gasteiger partial charge in [0.05, 0.1) is 52.5 Å². The number of nitrogens with one attached hydrogen (secondary N) is 2. The average Bonchev–Trinajstić information content (AvgIpc) is 3.48. The maximum absolute atomic E-state index is 13.5. The third-order valence-corrected chi connectivity index (χ3v) is 7.22. The lowest BCUT2D eigenvalue weighted by Gasteiger charge is -2.39. The van der Waals surface area contributed by atoms with E-state index in [2.05, 4.69) is 35.5 Å². The maximum Gasteiger partial charge on any atom is 0.254 e. The van der Waals surface area contributed by atoms with Crippen LogP contribution in [0.2, 0.25) is 0 Å². The third-order valence-electron chi connectivity index (χ3n) is 7.22. The van der Waals surface area contributed by atoms with Crippen LogP contribution < -0.4 is 15.5 Å². The monoisotopic (exact) mass is 502 g/mol. The van der Waals surface area contributed by atoms with E-state index in [0.717, 1.165) is 37.2 Å². The number of hydrogen-bond acceptors (Lipinski definition) is 8. The van der Waals surface area contributed by atoms with Crippen LogP contribution in [0.3, 0.4) is 0 Å². The number of fused-ring (bicyclic) bond motifs is 2. The summed E-state index contributed by atoms with van der Waals surface area (Å²) in [6.07, 6.45) is 8.55. The molecule has 1 unspecified atom stereocenters. The zero-order valence-corrected chi connectivity index (χ0v) is 20.6. The molecule has 0 bridgehead atoms. The van der Waals surface area contributed by atoms with Gasteiger partial charge in [-0.25, -0.2) is 9.97 Å². The van der Waals surface area contributed by atoms with E-state index in [4.69, 9.17) is 0 Å². The number of nitrogens with zero attached hydrogens (tertiary/aromatic N) is 6. The van der Waals surface area contributed by atoms with Gasteiger partial charge in [0.25, 0.3) is 5.91 Å². The van der Waals surface area contributed by atoms with Crippen molar-refractivity contribution in [3.8, 4) is 11.4 Å². The summed E-state index contributed by atoms with van der Waals surface area (Å²) in [6.45, 7) is 5.75. The Labute approximate surface area is 212 Å². The summed E-state index contributed by atoms with van der Waals surface area (Å²) in [5.41, 5.74) is 3.24. The minimum atomic E-state index is -0.719. The van der Waals surface area contributed by atoms with Crippen LogP contribution in [-0.4, -0.2) is 54.0 Å². The lowest BCUT2D eigenvalue weighted by atomic mass is 9.84. The number of piperidine rings is 1. The van der Waals surface area contributed by atoms with E-state index >= 15 is 0 Å². The number of anilines is 3. The minimum absolute atomic E-state index is 0.201. The summed E-state index contributed by atoms with van der Waals surface area (Å²) in [6, 6.07) is 5.12. The van der Waals surface area contributed by atoms with Gasteiger partial charge in [-0.1, -0.05) is 0 Å². The summed E-state index contributed by atoms with van der Waals surface area (Å²) < 4.78 is 15.2. The average molecular weight is 503 g/mol. The fourth-order valence-corrected chi connectivity index (χ4v) is 5.15. The second-order valence-electron chi connectivity index (χ2n) is 10.1. The molecule has 0 aromatic carbocycles. The fourth-order valence-electron chi connectivity index (χ4n) is 5.15. The van der Waals surface area contributed by atoms with Gasteiger partial charge in [-0.05, 0) is 38.8 Å². The molecule has 4 aromatic rings. The molecule has 37 heavy (non-hydrogen) atoms. The van der Waals surface area contributed by atoms with Gasteiger partial charge in [-0.3, -0.25) is 14.2 Å². The Morgan fingerprint density at radius 2 is 2.03 bits per heavy atom. The first-order valence-electron chi connectivity index (χ1n) is 12.3. The van der Waals surface area contributed by atoms with Crippen molar-refractivity contribution >= 4 is 28.9 Å².